The number of rotatable bonds is 3. The molecule has 0 aliphatic carbocycles. The third kappa shape index (κ3) is 3.74. The lowest BCUT2D eigenvalue weighted by molar-refractivity contribution is 0.0711. The van der Waals surface area contributed by atoms with E-state index in [0.717, 1.165) is 19.4 Å². The first-order chi connectivity index (χ1) is 6.76. The predicted octanol–water partition coefficient (Wildman–Crippen LogP) is 1.22. The summed E-state index contributed by atoms with van der Waals surface area (Å²) in [5, 5.41) is 12.6. The number of piperidine rings is 1. The van der Waals surface area contributed by atoms with E-state index in [1.807, 2.05) is 0 Å². The topological polar surface area (TPSA) is 35.5 Å². The summed E-state index contributed by atoms with van der Waals surface area (Å²) in [5.41, 5.74) is 0.381. The van der Waals surface area contributed by atoms with E-state index in [1.54, 1.807) is 0 Å². The monoisotopic (exact) mass is 214 g/mol. The molecule has 0 aromatic heterocycles. The zero-order valence-electron chi connectivity index (χ0n) is 10.8. The van der Waals surface area contributed by atoms with Gasteiger partial charge in [0.2, 0.25) is 0 Å². The van der Waals surface area contributed by atoms with E-state index in [0.29, 0.717) is 6.04 Å². The first-order valence-corrected chi connectivity index (χ1v) is 5.86. The van der Waals surface area contributed by atoms with Crippen molar-refractivity contribution in [3.05, 3.63) is 0 Å². The Balaban J connectivity index is 2.66. The molecule has 0 amide bonds. The zero-order valence-corrected chi connectivity index (χ0v) is 10.8. The van der Waals surface area contributed by atoms with Crippen molar-refractivity contribution in [2.24, 2.45) is 0 Å². The van der Waals surface area contributed by atoms with Gasteiger partial charge in [-0.05, 0) is 47.6 Å². The molecule has 0 saturated carbocycles. The highest BCUT2D eigenvalue weighted by Crippen LogP contribution is 2.30. The molecule has 0 atom stereocenters. The van der Waals surface area contributed by atoms with Crippen LogP contribution in [0.15, 0.2) is 0 Å². The Hall–Kier alpha value is -0.120. The quantitative estimate of drug-likeness (QED) is 0.741. The lowest BCUT2D eigenvalue weighted by atomic mass is 9.79. The Bertz CT molecular complexity index is 198. The van der Waals surface area contributed by atoms with Crippen LogP contribution in [0.5, 0.6) is 0 Å². The SMILES string of the molecule is CN(CCO)C1CC(C)(C)NC(C)(C)C1. The number of aliphatic hydroxyl groups excluding tert-OH is 1. The van der Waals surface area contributed by atoms with Gasteiger partial charge in [-0.25, -0.2) is 0 Å². The fraction of sp³-hybridized carbons (Fsp3) is 1.00. The summed E-state index contributed by atoms with van der Waals surface area (Å²) in [6.45, 7) is 10.1. The Labute approximate surface area is 93.9 Å². The Morgan fingerprint density at radius 2 is 1.67 bits per heavy atom. The first-order valence-electron chi connectivity index (χ1n) is 5.86. The fourth-order valence-corrected chi connectivity index (χ4v) is 2.92. The van der Waals surface area contributed by atoms with E-state index in [4.69, 9.17) is 5.11 Å². The van der Waals surface area contributed by atoms with Gasteiger partial charge in [-0.1, -0.05) is 0 Å². The number of nitrogens with one attached hydrogen (secondary N) is 1. The fourth-order valence-electron chi connectivity index (χ4n) is 2.92. The molecule has 1 fully saturated rings. The van der Waals surface area contributed by atoms with Crippen LogP contribution in [0.4, 0.5) is 0 Å². The van der Waals surface area contributed by atoms with Crippen LogP contribution in [-0.2, 0) is 0 Å². The molecule has 1 aliphatic heterocycles. The maximum absolute atomic E-state index is 8.97. The van der Waals surface area contributed by atoms with Crippen LogP contribution < -0.4 is 5.32 Å². The molecular formula is C12H26N2O. The van der Waals surface area contributed by atoms with Gasteiger partial charge in [0.25, 0.3) is 0 Å². The van der Waals surface area contributed by atoms with Gasteiger partial charge in [-0.15, -0.1) is 0 Å². The Morgan fingerprint density at radius 3 is 2.07 bits per heavy atom. The molecule has 1 saturated heterocycles. The molecular weight excluding hydrogens is 188 g/mol. The molecule has 90 valence electrons. The normalized spacial score (nSPS) is 25.8. The minimum absolute atomic E-state index is 0.191. The molecule has 0 aromatic carbocycles. The summed E-state index contributed by atoms with van der Waals surface area (Å²) < 4.78 is 0. The second-order valence-electron chi connectivity index (χ2n) is 6.16. The minimum Gasteiger partial charge on any atom is -0.395 e. The van der Waals surface area contributed by atoms with E-state index in [1.165, 1.54) is 0 Å². The molecule has 1 heterocycles. The third-order valence-electron chi connectivity index (χ3n) is 3.24. The Morgan fingerprint density at radius 1 is 1.20 bits per heavy atom. The summed E-state index contributed by atoms with van der Waals surface area (Å²) in [4.78, 5) is 2.28. The molecule has 1 aliphatic rings. The van der Waals surface area contributed by atoms with Gasteiger partial charge in [0.15, 0.2) is 0 Å². The molecule has 0 radical (unpaired) electrons. The summed E-state index contributed by atoms with van der Waals surface area (Å²) in [7, 11) is 2.11. The van der Waals surface area contributed by atoms with Crippen LogP contribution in [0, 0.1) is 0 Å². The van der Waals surface area contributed by atoms with Crippen molar-refractivity contribution in [1.82, 2.24) is 10.2 Å². The molecule has 1 rings (SSSR count). The molecule has 0 bridgehead atoms. The van der Waals surface area contributed by atoms with Crippen molar-refractivity contribution in [2.75, 3.05) is 20.2 Å². The molecule has 0 spiro atoms. The van der Waals surface area contributed by atoms with Crippen molar-refractivity contribution in [3.63, 3.8) is 0 Å². The van der Waals surface area contributed by atoms with Crippen molar-refractivity contribution in [1.29, 1.82) is 0 Å². The predicted molar refractivity (Wildman–Crippen MR) is 64.0 cm³/mol. The zero-order chi connectivity index (χ0) is 11.7. The average molecular weight is 214 g/mol. The van der Waals surface area contributed by atoms with Gasteiger partial charge in [-0.2, -0.15) is 0 Å². The van der Waals surface area contributed by atoms with E-state index in [2.05, 4.69) is 45.0 Å². The highest BCUT2D eigenvalue weighted by Gasteiger charge is 2.38. The largest absolute Gasteiger partial charge is 0.395 e. The van der Waals surface area contributed by atoms with E-state index >= 15 is 0 Å². The molecule has 2 N–H and O–H groups in total. The molecule has 15 heavy (non-hydrogen) atoms. The summed E-state index contributed by atoms with van der Waals surface area (Å²) >= 11 is 0. The highest BCUT2D eigenvalue weighted by atomic mass is 16.3. The standard InChI is InChI=1S/C12H26N2O/c1-11(2)8-10(14(5)6-7-15)9-12(3,4)13-11/h10,13,15H,6-9H2,1-5H3. The van der Waals surface area contributed by atoms with Gasteiger partial charge in [0.1, 0.15) is 0 Å². The van der Waals surface area contributed by atoms with Crippen molar-refractivity contribution in [2.45, 2.75) is 57.7 Å². The lowest BCUT2D eigenvalue weighted by Crippen LogP contribution is -2.61. The van der Waals surface area contributed by atoms with Crippen LogP contribution in [0.2, 0.25) is 0 Å². The molecule has 3 nitrogen and oxygen atoms in total. The van der Waals surface area contributed by atoms with Gasteiger partial charge in [-0.3, -0.25) is 0 Å². The number of hydrogen-bond acceptors (Lipinski definition) is 3. The van der Waals surface area contributed by atoms with Gasteiger partial charge >= 0.3 is 0 Å². The minimum atomic E-state index is 0.191. The molecule has 3 heteroatoms. The Kier molecular flexibility index (Phi) is 3.80. The summed E-state index contributed by atoms with van der Waals surface area (Å²) in [6, 6.07) is 0.573. The summed E-state index contributed by atoms with van der Waals surface area (Å²) in [6.07, 6.45) is 2.29. The average Bonchev–Trinajstić information content (AvgIpc) is 1.98. The molecule has 0 aromatic rings. The van der Waals surface area contributed by atoms with E-state index < -0.39 is 0 Å². The summed E-state index contributed by atoms with van der Waals surface area (Å²) in [5.74, 6) is 0. The van der Waals surface area contributed by atoms with E-state index in [9.17, 15) is 0 Å². The van der Waals surface area contributed by atoms with Crippen LogP contribution in [0.3, 0.4) is 0 Å². The van der Waals surface area contributed by atoms with Crippen molar-refractivity contribution >= 4 is 0 Å². The van der Waals surface area contributed by atoms with Crippen LogP contribution >= 0.6 is 0 Å². The highest BCUT2D eigenvalue weighted by molar-refractivity contribution is 4.99. The first kappa shape index (κ1) is 12.9. The number of nitrogens with zero attached hydrogens (tertiary/aromatic N) is 1. The lowest BCUT2D eigenvalue weighted by Gasteiger charge is -2.49. The molecule has 0 unspecified atom stereocenters. The van der Waals surface area contributed by atoms with Crippen molar-refractivity contribution in [3.8, 4) is 0 Å². The van der Waals surface area contributed by atoms with Gasteiger partial charge in [0, 0.05) is 23.7 Å². The van der Waals surface area contributed by atoms with Gasteiger partial charge in [0.05, 0.1) is 6.61 Å². The number of aliphatic hydroxyl groups is 1. The second-order valence-corrected chi connectivity index (χ2v) is 6.16. The third-order valence-corrected chi connectivity index (χ3v) is 3.24. The second kappa shape index (κ2) is 4.40. The maximum Gasteiger partial charge on any atom is 0.0558 e. The number of hydrogen-bond donors (Lipinski definition) is 2. The van der Waals surface area contributed by atoms with Gasteiger partial charge < -0.3 is 15.3 Å². The number of likely N-dealkylation sites (N-methyl/N-ethyl adjacent to an activating group) is 1. The van der Waals surface area contributed by atoms with Crippen LogP contribution in [-0.4, -0.2) is 47.3 Å². The van der Waals surface area contributed by atoms with E-state index in [-0.39, 0.29) is 17.7 Å². The van der Waals surface area contributed by atoms with Crippen molar-refractivity contribution < 1.29 is 5.11 Å². The smallest absolute Gasteiger partial charge is 0.0558 e. The van der Waals surface area contributed by atoms with Crippen LogP contribution in [0.1, 0.15) is 40.5 Å². The van der Waals surface area contributed by atoms with Crippen LogP contribution in [0.25, 0.3) is 0 Å². The maximum atomic E-state index is 8.97.